The maximum Gasteiger partial charge on any atom is 0.417 e. The molecule has 106 valence electrons. The van der Waals surface area contributed by atoms with Crippen LogP contribution in [0.1, 0.15) is 12.0 Å². The van der Waals surface area contributed by atoms with Crippen molar-refractivity contribution >= 4 is 5.82 Å². The number of halogens is 4. The Labute approximate surface area is 108 Å². The Morgan fingerprint density at radius 1 is 1.42 bits per heavy atom. The zero-order chi connectivity index (χ0) is 14.1. The van der Waals surface area contributed by atoms with E-state index in [2.05, 4.69) is 4.98 Å². The van der Waals surface area contributed by atoms with Gasteiger partial charge in [-0.3, -0.25) is 0 Å². The Morgan fingerprint density at radius 2 is 2.16 bits per heavy atom. The predicted molar refractivity (Wildman–Crippen MR) is 61.8 cm³/mol. The molecule has 1 fully saturated rings. The molecule has 0 amide bonds. The summed E-state index contributed by atoms with van der Waals surface area (Å²) in [6.45, 7) is 0.474. The highest BCUT2D eigenvalue weighted by molar-refractivity contribution is 5.42. The van der Waals surface area contributed by atoms with Crippen LogP contribution in [0.15, 0.2) is 18.3 Å². The van der Waals surface area contributed by atoms with Gasteiger partial charge in [0.25, 0.3) is 0 Å². The molecule has 1 aromatic heterocycles. The number of aromatic nitrogens is 1. The van der Waals surface area contributed by atoms with Gasteiger partial charge in [0.1, 0.15) is 5.82 Å². The van der Waals surface area contributed by atoms with Gasteiger partial charge in [-0.05, 0) is 12.1 Å². The van der Waals surface area contributed by atoms with Crippen molar-refractivity contribution in [1.29, 1.82) is 0 Å². The average molecular weight is 278 g/mol. The highest BCUT2D eigenvalue weighted by Gasteiger charge is 2.39. The van der Waals surface area contributed by atoms with Gasteiger partial charge in [-0.1, -0.05) is 0 Å². The monoisotopic (exact) mass is 278 g/mol. The first-order valence-electron chi connectivity index (χ1n) is 5.80. The quantitative estimate of drug-likeness (QED) is 0.795. The largest absolute Gasteiger partial charge is 0.417 e. The van der Waals surface area contributed by atoms with E-state index in [-0.39, 0.29) is 19.6 Å². The minimum Gasteiger partial charge on any atom is -0.381 e. The van der Waals surface area contributed by atoms with Crippen molar-refractivity contribution < 1.29 is 22.3 Å². The third-order valence-electron chi connectivity index (χ3n) is 3.11. The third kappa shape index (κ3) is 3.15. The lowest BCUT2D eigenvalue weighted by Gasteiger charge is -2.21. The summed E-state index contributed by atoms with van der Waals surface area (Å²) in [6.07, 6.45) is -3.36. The lowest BCUT2D eigenvalue weighted by atomic mass is 10.1. The van der Waals surface area contributed by atoms with Gasteiger partial charge in [0, 0.05) is 26.3 Å². The fraction of sp³-hybridized carbons (Fsp3) is 0.583. The summed E-state index contributed by atoms with van der Waals surface area (Å²) in [7, 11) is 1.42. The maximum absolute atomic E-state index is 14.1. The van der Waals surface area contributed by atoms with Gasteiger partial charge in [0.05, 0.1) is 18.7 Å². The van der Waals surface area contributed by atoms with Gasteiger partial charge >= 0.3 is 6.18 Å². The fourth-order valence-electron chi connectivity index (χ4n) is 2.15. The van der Waals surface area contributed by atoms with E-state index in [1.165, 1.54) is 13.2 Å². The van der Waals surface area contributed by atoms with Crippen molar-refractivity contribution in [2.24, 2.45) is 0 Å². The molecule has 0 spiro atoms. The first-order chi connectivity index (χ1) is 8.84. The summed E-state index contributed by atoms with van der Waals surface area (Å²) in [5.74, 6) is 0.351. The van der Waals surface area contributed by atoms with Crippen LogP contribution in [0.2, 0.25) is 0 Å². The van der Waals surface area contributed by atoms with Crippen molar-refractivity contribution in [3.05, 3.63) is 23.9 Å². The highest BCUT2D eigenvalue weighted by Crippen LogP contribution is 2.32. The zero-order valence-electron chi connectivity index (χ0n) is 10.4. The molecule has 0 aromatic carbocycles. The fourth-order valence-corrected chi connectivity index (χ4v) is 2.15. The van der Waals surface area contributed by atoms with Crippen molar-refractivity contribution in [3.8, 4) is 0 Å². The van der Waals surface area contributed by atoms with Gasteiger partial charge in [-0.2, -0.15) is 13.2 Å². The lowest BCUT2D eigenvalue weighted by molar-refractivity contribution is -0.137. The van der Waals surface area contributed by atoms with E-state index >= 15 is 0 Å². The number of methoxy groups -OCH3 is 1. The van der Waals surface area contributed by atoms with E-state index < -0.39 is 17.4 Å². The predicted octanol–water partition coefficient (Wildman–Crippen LogP) is 2.67. The Bertz CT molecular complexity index is 434. The molecule has 2 rings (SSSR count). The summed E-state index contributed by atoms with van der Waals surface area (Å²) in [5, 5.41) is 0. The molecule has 1 saturated heterocycles. The molecule has 1 aliphatic rings. The topological polar surface area (TPSA) is 25.4 Å². The smallest absolute Gasteiger partial charge is 0.381 e. The highest BCUT2D eigenvalue weighted by atomic mass is 19.4. The summed E-state index contributed by atoms with van der Waals surface area (Å²) < 4.78 is 56.1. The van der Waals surface area contributed by atoms with Crippen LogP contribution in [-0.2, 0) is 10.9 Å². The number of alkyl halides is 4. The summed E-state index contributed by atoms with van der Waals surface area (Å²) >= 11 is 0. The molecule has 1 atom stereocenters. The van der Waals surface area contributed by atoms with E-state index in [1.807, 2.05) is 0 Å². The van der Waals surface area contributed by atoms with Crippen LogP contribution in [0.5, 0.6) is 0 Å². The molecule has 19 heavy (non-hydrogen) atoms. The molecular weight excluding hydrogens is 264 g/mol. The maximum atomic E-state index is 14.1. The molecule has 0 N–H and O–H groups in total. The zero-order valence-corrected chi connectivity index (χ0v) is 10.4. The Morgan fingerprint density at radius 3 is 2.68 bits per heavy atom. The van der Waals surface area contributed by atoms with Crippen LogP contribution in [0.4, 0.5) is 23.4 Å². The van der Waals surface area contributed by atoms with Gasteiger partial charge < -0.3 is 9.64 Å². The minimum atomic E-state index is -4.41. The van der Waals surface area contributed by atoms with Crippen LogP contribution in [0, 0.1) is 0 Å². The van der Waals surface area contributed by atoms with Crippen LogP contribution in [0.25, 0.3) is 0 Å². The van der Waals surface area contributed by atoms with Gasteiger partial charge in [-0.15, -0.1) is 0 Å². The molecule has 0 aliphatic carbocycles. The lowest BCUT2D eigenvalue weighted by Crippen LogP contribution is -2.33. The normalized spacial score (nSPS) is 23.9. The van der Waals surface area contributed by atoms with Crippen molar-refractivity contribution in [2.75, 3.05) is 31.7 Å². The molecule has 0 bridgehead atoms. The van der Waals surface area contributed by atoms with Crippen LogP contribution >= 0.6 is 0 Å². The van der Waals surface area contributed by atoms with Crippen LogP contribution in [0.3, 0.4) is 0 Å². The van der Waals surface area contributed by atoms with Gasteiger partial charge in [-0.25, -0.2) is 9.37 Å². The number of rotatable bonds is 3. The Hall–Kier alpha value is -1.37. The summed E-state index contributed by atoms with van der Waals surface area (Å²) in [5.41, 5.74) is -2.27. The van der Waals surface area contributed by atoms with E-state index in [4.69, 9.17) is 4.74 Å². The Balaban J connectivity index is 2.08. The molecule has 0 saturated carbocycles. The molecule has 2 heterocycles. The third-order valence-corrected chi connectivity index (χ3v) is 3.11. The first-order valence-corrected chi connectivity index (χ1v) is 5.80. The SMILES string of the molecule is COCC1(F)CCN(c2ccc(C(F)(F)F)cn2)C1. The van der Waals surface area contributed by atoms with Crippen LogP contribution in [-0.4, -0.2) is 37.5 Å². The van der Waals surface area contributed by atoms with E-state index in [0.717, 1.165) is 12.3 Å². The van der Waals surface area contributed by atoms with Crippen molar-refractivity contribution in [2.45, 2.75) is 18.3 Å². The first kappa shape index (κ1) is 14.0. The van der Waals surface area contributed by atoms with Gasteiger partial charge in [0.15, 0.2) is 5.67 Å². The average Bonchev–Trinajstić information content (AvgIpc) is 2.71. The number of hydrogen-bond acceptors (Lipinski definition) is 3. The summed E-state index contributed by atoms with van der Waals surface area (Å²) in [4.78, 5) is 5.38. The van der Waals surface area contributed by atoms with E-state index in [1.54, 1.807) is 4.90 Å². The molecular formula is C12H14F4N2O. The second kappa shape index (κ2) is 4.96. The van der Waals surface area contributed by atoms with Gasteiger partial charge in [0.2, 0.25) is 0 Å². The minimum absolute atomic E-state index is 0.0237. The molecule has 3 nitrogen and oxygen atoms in total. The second-order valence-electron chi connectivity index (χ2n) is 4.66. The molecule has 1 aliphatic heterocycles. The van der Waals surface area contributed by atoms with E-state index in [0.29, 0.717) is 12.4 Å². The number of hydrogen-bond donors (Lipinski definition) is 0. The second-order valence-corrected chi connectivity index (χ2v) is 4.66. The molecule has 1 aromatic rings. The molecule has 7 heteroatoms. The number of ether oxygens (including phenoxy) is 1. The standard InChI is InChI=1S/C12H14F4N2O/c1-19-8-11(13)4-5-18(7-11)10-3-2-9(6-17-10)12(14,15)16/h2-3,6H,4-5,7-8H2,1H3. The number of pyridine rings is 1. The van der Waals surface area contributed by atoms with Crippen molar-refractivity contribution in [3.63, 3.8) is 0 Å². The molecule has 0 radical (unpaired) electrons. The Kier molecular flexibility index (Phi) is 3.66. The number of nitrogens with zero attached hydrogens (tertiary/aromatic N) is 2. The van der Waals surface area contributed by atoms with Crippen LogP contribution < -0.4 is 4.90 Å². The van der Waals surface area contributed by atoms with Crippen molar-refractivity contribution in [1.82, 2.24) is 4.98 Å². The van der Waals surface area contributed by atoms with E-state index in [9.17, 15) is 17.6 Å². The number of anilines is 1. The summed E-state index contributed by atoms with van der Waals surface area (Å²) in [6, 6.07) is 2.22. The molecule has 1 unspecified atom stereocenters.